The van der Waals surface area contributed by atoms with E-state index in [4.69, 9.17) is 4.74 Å². The average molecular weight is 370 g/mol. The number of carbonyl (C=O) groups excluding carboxylic acids is 1. The lowest BCUT2D eigenvalue weighted by Crippen LogP contribution is -2.37. The number of nitrogens with zero attached hydrogens (tertiary/aromatic N) is 3. The Morgan fingerprint density at radius 2 is 1.93 bits per heavy atom. The van der Waals surface area contributed by atoms with E-state index in [2.05, 4.69) is 56.5 Å². The van der Waals surface area contributed by atoms with Crippen LogP contribution in [0.3, 0.4) is 0 Å². The zero-order valence-electron chi connectivity index (χ0n) is 17.2. The highest BCUT2D eigenvalue weighted by Crippen LogP contribution is 2.25. The summed E-state index contributed by atoms with van der Waals surface area (Å²) in [5, 5.41) is 4.55. The minimum atomic E-state index is -0.0230. The van der Waals surface area contributed by atoms with Crippen LogP contribution in [0.25, 0.3) is 0 Å². The Hall–Kier alpha value is -2.30. The van der Waals surface area contributed by atoms with Gasteiger partial charge in [-0.15, -0.1) is 0 Å². The molecule has 2 aromatic rings. The first-order chi connectivity index (χ1) is 12.8. The molecule has 0 radical (unpaired) electrons. The minimum Gasteiger partial charge on any atom is -0.493 e. The summed E-state index contributed by atoms with van der Waals surface area (Å²) in [5.74, 6) is 1.15. The Morgan fingerprint density at radius 3 is 2.59 bits per heavy atom. The van der Waals surface area contributed by atoms with E-state index in [1.165, 1.54) is 11.3 Å². The van der Waals surface area contributed by atoms with Gasteiger partial charge in [-0.25, -0.2) is 0 Å². The van der Waals surface area contributed by atoms with Crippen LogP contribution >= 0.6 is 0 Å². The van der Waals surface area contributed by atoms with Crippen LogP contribution in [0.15, 0.2) is 24.4 Å². The summed E-state index contributed by atoms with van der Waals surface area (Å²) in [6, 6.07) is 6.14. The monoisotopic (exact) mass is 369 g/mol. The number of aryl methyl sites for hydroxylation is 2. The standard InChI is InChI=1S/C22H31N3O2/c1-16-8-6-9-17(2)21(16)27-13-7-10-20(26)24-12-11-19-18(15-24)14-23-25(19)22(3,4)5/h6,8-9,14H,7,10-13,15H2,1-5H3. The molecule has 0 saturated heterocycles. The second-order valence-corrected chi connectivity index (χ2v) is 8.44. The molecule has 0 aliphatic carbocycles. The smallest absolute Gasteiger partial charge is 0.223 e. The van der Waals surface area contributed by atoms with E-state index in [9.17, 15) is 4.79 Å². The van der Waals surface area contributed by atoms with Crippen LogP contribution in [0, 0.1) is 13.8 Å². The van der Waals surface area contributed by atoms with E-state index in [-0.39, 0.29) is 11.4 Å². The van der Waals surface area contributed by atoms with Crippen LogP contribution in [-0.4, -0.2) is 33.7 Å². The zero-order valence-corrected chi connectivity index (χ0v) is 17.2. The van der Waals surface area contributed by atoms with Crippen molar-refractivity contribution in [2.24, 2.45) is 0 Å². The zero-order chi connectivity index (χ0) is 19.6. The van der Waals surface area contributed by atoms with Crippen molar-refractivity contribution in [1.82, 2.24) is 14.7 Å². The number of amides is 1. The maximum Gasteiger partial charge on any atom is 0.223 e. The van der Waals surface area contributed by atoms with Gasteiger partial charge in [0.25, 0.3) is 0 Å². The Bertz CT molecular complexity index is 797. The number of hydrogen-bond acceptors (Lipinski definition) is 3. The molecule has 27 heavy (non-hydrogen) atoms. The molecule has 1 aliphatic rings. The third-order valence-corrected chi connectivity index (χ3v) is 5.11. The fourth-order valence-corrected chi connectivity index (χ4v) is 3.71. The van der Waals surface area contributed by atoms with E-state index < -0.39 is 0 Å². The van der Waals surface area contributed by atoms with Crippen molar-refractivity contribution < 1.29 is 9.53 Å². The third kappa shape index (κ3) is 4.34. The number of fused-ring (bicyclic) bond motifs is 1. The van der Waals surface area contributed by atoms with Crippen molar-refractivity contribution in [3.05, 3.63) is 46.8 Å². The molecule has 0 N–H and O–H groups in total. The van der Waals surface area contributed by atoms with E-state index in [0.29, 0.717) is 19.6 Å². The molecule has 0 unspecified atom stereocenters. The van der Waals surface area contributed by atoms with E-state index in [1.54, 1.807) is 0 Å². The summed E-state index contributed by atoms with van der Waals surface area (Å²) in [6.07, 6.45) is 4.05. The van der Waals surface area contributed by atoms with E-state index >= 15 is 0 Å². The summed E-state index contributed by atoms with van der Waals surface area (Å²) in [6.45, 7) is 12.6. The molecule has 0 bridgehead atoms. The number of aromatic nitrogens is 2. The quantitative estimate of drug-likeness (QED) is 0.749. The summed E-state index contributed by atoms with van der Waals surface area (Å²) in [7, 11) is 0. The molecular formula is C22H31N3O2. The molecule has 0 fully saturated rings. The lowest BCUT2D eigenvalue weighted by atomic mass is 10.0. The first-order valence-corrected chi connectivity index (χ1v) is 9.80. The largest absolute Gasteiger partial charge is 0.493 e. The van der Waals surface area contributed by atoms with Gasteiger partial charge in [0, 0.05) is 37.2 Å². The number of hydrogen-bond donors (Lipinski definition) is 0. The van der Waals surface area contributed by atoms with Gasteiger partial charge in [-0.2, -0.15) is 5.10 Å². The predicted octanol–water partition coefficient (Wildman–Crippen LogP) is 4.00. The van der Waals surface area contributed by atoms with Crippen molar-refractivity contribution in [1.29, 1.82) is 0 Å². The van der Waals surface area contributed by atoms with Crippen LogP contribution in [0.1, 0.15) is 56.0 Å². The summed E-state index contributed by atoms with van der Waals surface area (Å²) < 4.78 is 8.02. The Balaban J connectivity index is 1.50. The van der Waals surface area contributed by atoms with E-state index in [0.717, 1.165) is 36.3 Å². The van der Waals surface area contributed by atoms with Gasteiger partial charge in [0.15, 0.2) is 0 Å². The number of ether oxygens (including phenoxy) is 1. The minimum absolute atomic E-state index is 0.0230. The van der Waals surface area contributed by atoms with Gasteiger partial charge >= 0.3 is 0 Å². The molecule has 0 spiro atoms. The number of para-hydroxylation sites is 1. The van der Waals surface area contributed by atoms with Gasteiger partial charge in [0.2, 0.25) is 5.91 Å². The summed E-state index contributed by atoms with van der Waals surface area (Å²) in [5.41, 5.74) is 4.70. The maximum absolute atomic E-state index is 12.6. The lowest BCUT2D eigenvalue weighted by molar-refractivity contribution is -0.132. The van der Waals surface area contributed by atoms with Crippen LogP contribution in [0.2, 0.25) is 0 Å². The van der Waals surface area contributed by atoms with E-state index in [1.807, 2.05) is 17.2 Å². The molecule has 1 aromatic carbocycles. The fourth-order valence-electron chi connectivity index (χ4n) is 3.71. The molecule has 5 nitrogen and oxygen atoms in total. The van der Waals surface area contributed by atoms with Crippen LogP contribution < -0.4 is 4.74 Å². The van der Waals surface area contributed by atoms with Gasteiger partial charge in [0.1, 0.15) is 5.75 Å². The summed E-state index contributed by atoms with van der Waals surface area (Å²) in [4.78, 5) is 14.6. The first-order valence-electron chi connectivity index (χ1n) is 9.80. The van der Waals surface area contributed by atoms with Gasteiger partial charge in [-0.3, -0.25) is 9.48 Å². The summed E-state index contributed by atoms with van der Waals surface area (Å²) >= 11 is 0. The normalized spacial score (nSPS) is 14.2. The van der Waals surface area contributed by atoms with Crippen molar-refractivity contribution in [2.45, 2.75) is 66.0 Å². The van der Waals surface area contributed by atoms with Crippen molar-refractivity contribution >= 4 is 5.91 Å². The molecule has 1 aliphatic heterocycles. The second-order valence-electron chi connectivity index (χ2n) is 8.44. The molecule has 1 aromatic heterocycles. The molecular weight excluding hydrogens is 338 g/mol. The Labute approximate surface area is 162 Å². The predicted molar refractivity (Wildman–Crippen MR) is 107 cm³/mol. The molecule has 1 amide bonds. The maximum atomic E-state index is 12.6. The first kappa shape index (κ1) is 19.5. The van der Waals surface area contributed by atoms with Crippen LogP contribution in [0.5, 0.6) is 5.75 Å². The molecule has 2 heterocycles. The molecule has 0 atom stereocenters. The van der Waals surface area contributed by atoms with Gasteiger partial charge in [0.05, 0.1) is 18.3 Å². The molecule has 3 rings (SSSR count). The highest BCUT2D eigenvalue weighted by atomic mass is 16.5. The number of carbonyl (C=O) groups is 1. The van der Waals surface area contributed by atoms with Crippen LogP contribution in [-0.2, 0) is 23.3 Å². The average Bonchev–Trinajstić information content (AvgIpc) is 3.04. The van der Waals surface area contributed by atoms with Crippen LogP contribution in [0.4, 0.5) is 0 Å². The van der Waals surface area contributed by atoms with Gasteiger partial charge in [-0.1, -0.05) is 18.2 Å². The molecule has 0 saturated carbocycles. The SMILES string of the molecule is Cc1cccc(C)c1OCCCC(=O)N1CCc2c(cnn2C(C)(C)C)C1. The topological polar surface area (TPSA) is 47.4 Å². The van der Waals surface area contributed by atoms with Gasteiger partial charge in [-0.05, 0) is 52.2 Å². The number of rotatable bonds is 5. The highest BCUT2D eigenvalue weighted by molar-refractivity contribution is 5.76. The fraction of sp³-hybridized carbons (Fsp3) is 0.545. The third-order valence-electron chi connectivity index (χ3n) is 5.11. The Morgan fingerprint density at radius 1 is 1.22 bits per heavy atom. The second kappa shape index (κ2) is 7.75. The van der Waals surface area contributed by atoms with Gasteiger partial charge < -0.3 is 9.64 Å². The Kier molecular flexibility index (Phi) is 5.59. The van der Waals surface area contributed by atoms with Crippen molar-refractivity contribution in [2.75, 3.05) is 13.2 Å². The van der Waals surface area contributed by atoms with Crippen molar-refractivity contribution in [3.63, 3.8) is 0 Å². The molecule has 146 valence electrons. The number of benzene rings is 1. The lowest BCUT2D eigenvalue weighted by Gasteiger charge is -2.30. The highest BCUT2D eigenvalue weighted by Gasteiger charge is 2.27. The molecule has 5 heteroatoms. The van der Waals surface area contributed by atoms with Crippen molar-refractivity contribution in [3.8, 4) is 5.75 Å².